The maximum Gasteiger partial charge on any atom is 0.371 e. The molecule has 0 aliphatic heterocycles. The van der Waals surface area contributed by atoms with E-state index >= 15 is 0 Å². The summed E-state index contributed by atoms with van der Waals surface area (Å²) in [7, 11) is -3.85. The first-order chi connectivity index (χ1) is 9.29. The smallest absolute Gasteiger partial charge is 0.371 e. The van der Waals surface area contributed by atoms with Crippen LogP contribution in [0.3, 0.4) is 0 Å². The molecule has 0 saturated carbocycles. The first kappa shape index (κ1) is 14.5. The summed E-state index contributed by atoms with van der Waals surface area (Å²) in [4.78, 5) is 23.6. The van der Waals surface area contributed by atoms with Crippen LogP contribution in [0.4, 0.5) is 0 Å². The maximum absolute atomic E-state index is 12.0. The Labute approximate surface area is 117 Å². The Balaban J connectivity index is 2.15. The van der Waals surface area contributed by atoms with E-state index in [1.807, 2.05) is 0 Å². The van der Waals surface area contributed by atoms with E-state index in [0.29, 0.717) is 11.3 Å². The molecule has 0 radical (unpaired) electrons. The van der Waals surface area contributed by atoms with E-state index in [1.54, 1.807) is 0 Å². The molecular formula is C10H10N2O6S2. The summed E-state index contributed by atoms with van der Waals surface area (Å²) < 4.78 is 31.0. The molecule has 0 bridgehead atoms. The third kappa shape index (κ3) is 2.98. The number of carboxylic acids is 1. The van der Waals surface area contributed by atoms with Crippen molar-refractivity contribution in [2.75, 3.05) is 0 Å². The number of rotatable bonds is 5. The van der Waals surface area contributed by atoms with Crippen molar-refractivity contribution in [2.24, 2.45) is 0 Å². The van der Waals surface area contributed by atoms with Crippen LogP contribution in [0, 0.1) is 6.92 Å². The van der Waals surface area contributed by atoms with Crippen molar-refractivity contribution in [1.82, 2.24) is 9.71 Å². The molecule has 0 spiro atoms. The summed E-state index contributed by atoms with van der Waals surface area (Å²) in [5.41, 5.74) is 0.248. The van der Waals surface area contributed by atoms with Crippen LogP contribution >= 0.6 is 11.3 Å². The second kappa shape index (κ2) is 5.23. The van der Waals surface area contributed by atoms with Gasteiger partial charge in [0.05, 0.1) is 6.54 Å². The topological polar surface area (TPSA) is 129 Å². The number of aromatic carboxylic acids is 1. The van der Waals surface area contributed by atoms with Gasteiger partial charge in [0.15, 0.2) is 4.21 Å². The van der Waals surface area contributed by atoms with Gasteiger partial charge in [0.1, 0.15) is 5.76 Å². The molecule has 2 heterocycles. The van der Waals surface area contributed by atoms with Gasteiger partial charge in [-0.25, -0.2) is 17.9 Å². The number of nitrogens with one attached hydrogen (secondary N) is 2. The molecule has 2 aromatic heterocycles. The van der Waals surface area contributed by atoms with Gasteiger partial charge in [-0.2, -0.15) is 0 Å². The quantitative estimate of drug-likeness (QED) is 0.736. The van der Waals surface area contributed by atoms with Crippen molar-refractivity contribution in [3.05, 3.63) is 39.0 Å². The number of aryl methyl sites for hydroxylation is 1. The average Bonchev–Trinajstić information content (AvgIpc) is 2.93. The van der Waals surface area contributed by atoms with E-state index in [9.17, 15) is 18.0 Å². The van der Waals surface area contributed by atoms with Crippen LogP contribution in [0.1, 0.15) is 22.0 Å². The molecule has 8 nitrogen and oxygen atoms in total. The van der Waals surface area contributed by atoms with Crippen molar-refractivity contribution in [1.29, 1.82) is 0 Å². The predicted octanol–water partition coefficient (Wildman–Crippen LogP) is 0.515. The van der Waals surface area contributed by atoms with Gasteiger partial charge in [-0.1, -0.05) is 11.3 Å². The van der Waals surface area contributed by atoms with E-state index in [-0.39, 0.29) is 28.0 Å². The lowest BCUT2D eigenvalue weighted by atomic mass is 10.4. The Kier molecular flexibility index (Phi) is 3.79. The number of carboxylic acid groups (broad SMARTS) is 1. The standard InChI is InChI=1S/C10H10N2O6S2/c1-5-9(19-10(15)12-5)20(16,17)11-4-6-2-3-7(18-6)8(13)14/h2-3,11H,4H2,1H3,(H,12,15)(H,13,14). The zero-order chi connectivity index (χ0) is 14.9. The molecule has 10 heteroatoms. The van der Waals surface area contributed by atoms with Crippen LogP contribution in [0.2, 0.25) is 0 Å². The van der Waals surface area contributed by atoms with E-state index < -0.39 is 20.9 Å². The van der Waals surface area contributed by atoms with Gasteiger partial charge >= 0.3 is 10.8 Å². The van der Waals surface area contributed by atoms with Gasteiger partial charge in [-0.15, -0.1) is 0 Å². The van der Waals surface area contributed by atoms with Crippen LogP contribution in [-0.4, -0.2) is 24.5 Å². The number of carbonyl (C=O) groups is 1. The average molecular weight is 318 g/mol. The van der Waals surface area contributed by atoms with Crippen LogP contribution in [0.15, 0.2) is 25.6 Å². The number of hydrogen-bond donors (Lipinski definition) is 3. The summed E-state index contributed by atoms with van der Waals surface area (Å²) in [6, 6.07) is 2.59. The SMILES string of the molecule is Cc1[nH]c(=O)sc1S(=O)(=O)NCc1ccc(C(=O)O)o1. The fraction of sp³-hybridized carbons (Fsp3) is 0.200. The molecule has 2 aromatic rings. The fourth-order valence-corrected chi connectivity index (χ4v) is 3.80. The largest absolute Gasteiger partial charge is 0.475 e. The fourth-order valence-electron chi connectivity index (χ4n) is 1.47. The van der Waals surface area contributed by atoms with Crippen LogP contribution in [0.5, 0.6) is 0 Å². The summed E-state index contributed by atoms with van der Waals surface area (Å²) in [6.07, 6.45) is 0. The van der Waals surface area contributed by atoms with E-state index in [0.717, 1.165) is 0 Å². The molecule has 0 amide bonds. The molecule has 0 saturated heterocycles. The summed E-state index contributed by atoms with van der Waals surface area (Å²) in [5.74, 6) is -1.35. The monoisotopic (exact) mass is 318 g/mol. The molecule has 0 atom stereocenters. The number of hydrogen-bond acceptors (Lipinski definition) is 6. The Hall–Kier alpha value is -1.91. The Morgan fingerprint density at radius 3 is 2.70 bits per heavy atom. The second-order valence-electron chi connectivity index (χ2n) is 3.82. The van der Waals surface area contributed by atoms with Gasteiger partial charge in [0.25, 0.3) is 10.0 Å². The van der Waals surface area contributed by atoms with Crippen molar-refractivity contribution in [3.63, 3.8) is 0 Å². The molecule has 0 fully saturated rings. The maximum atomic E-state index is 12.0. The van der Waals surface area contributed by atoms with Crippen molar-refractivity contribution in [3.8, 4) is 0 Å². The van der Waals surface area contributed by atoms with E-state index in [1.165, 1.54) is 19.1 Å². The highest BCUT2D eigenvalue weighted by atomic mass is 32.2. The first-order valence-electron chi connectivity index (χ1n) is 5.31. The van der Waals surface area contributed by atoms with Gasteiger partial charge in [-0.05, 0) is 19.1 Å². The lowest BCUT2D eigenvalue weighted by Crippen LogP contribution is -2.22. The number of sulfonamides is 1. The minimum absolute atomic E-state index is 0.104. The first-order valence-corrected chi connectivity index (χ1v) is 7.61. The molecular weight excluding hydrogens is 308 g/mol. The third-order valence-corrected chi connectivity index (χ3v) is 5.34. The Bertz CT molecular complexity index is 798. The molecule has 20 heavy (non-hydrogen) atoms. The summed E-state index contributed by atoms with van der Waals surface area (Å²) >= 11 is 0.580. The molecule has 2 rings (SSSR count). The van der Waals surface area contributed by atoms with Crippen molar-refractivity contribution < 1.29 is 22.7 Å². The third-order valence-electron chi connectivity index (χ3n) is 2.33. The number of H-pyrrole nitrogens is 1. The van der Waals surface area contributed by atoms with Crippen molar-refractivity contribution in [2.45, 2.75) is 17.7 Å². The number of aromatic nitrogens is 1. The van der Waals surface area contributed by atoms with Gasteiger partial charge in [-0.3, -0.25) is 4.79 Å². The predicted molar refractivity (Wildman–Crippen MR) is 69.4 cm³/mol. The highest BCUT2D eigenvalue weighted by Gasteiger charge is 2.21. The number of furan rings is 1. The normalized spacial score (nSPS) is 11.7. The van der Waals surface area contributed by atoms with E-state index in [2.05, 4.69) is 9.71 Å². The minimum atomic E-state index is -3.85. The van der Waals surface area contributed by atoms with Gasteiger partial charge in [0, 0.05) is 5.69 Å². The number of thiazole rings is 1. The molecule has 0 aliphatic carbocycles. The van der Waals surface area contributed by atoms with Gasteiger partial charge in [0.2, 0.25) is 5.76 Å². The molecule has 0 aromatic carbocycles. The van der Waals surface area contributed by atoms with Crippen LogP contribution in [-0.2, 0) is 16.6 Å². The van der Waals surface area contributed by atoms with Crippen molar-refractivity contribution >= 4 is 27.3 Å². The zero-order valence-electron chi connectivity index (χ0n) is 10.2. The lowest BCUT2D eigenvalue weighted by Gasteiger charge is -2.03. The molecule has 0 unspecified atom stereocenters. The highest BCUT2D eigenvalue weighted by Crippen LogP contribution is 2.16. The zero-order valence-corrected chi connectivity index (χ0v) is 11.8. The highest BCUT2D eigenvalue weighted by molar-refractivity contribution is 7.91. The van der Waals surface area contributed by atoms with Crippen LogP contribution in [0.25, 0.3) is 0 Å². The molecule has 3 N–H and O–H groups in total. The van der Waals surface area contributed by atoms with E-state index in [4.69, 9.17) is 9.52 Å². The number of aromatic amines is 1. The molecule has 0 aliphatic rings. The second-order valence-corrected chi connectivity index (χ2v) is 6.77. The molecule has 108 valence electrons. The van der Waals surface area contributed by atoms with Gasteiger partial charge < -0.3 is 14.5 Å². The summed E-state index contributed by atoms with van der Waals surface area (Å²) in [5, 5.41) is 8.67. The lowest BCUT2D eigenvalue weighted by molar-refractivity contribution is 0.0660. The van der Waals surface area contributed by atoms with Crippen LogP contribution < -0.4 is 9.60 Å². The Morgan fingerprint density at radius 2 is 2.20 bits per heavy atom. The summed E-state index contributed by atoms with van der Waals surface area (Å²) in [6.45, 7) is 1.27. The Morgan fingerprint density at radius 1 is 1.50 bits per heavy atom. The minimum Gasteiger partial charge on any atom is -0.475 e.